The summed E-state index contributed by atoms with van der Waals surface area (Å²) in [5.74, 6) is -1.66. The fourth-order valence-electron chi connectivity index (χ4n) is 3.41. The first-order valence-electron chi connectivity index (χ1n) is 10.9. The molecular weight excluding hydrogens is 480 g/mol. The normalized spacial score (nSPS) is 16.1. The number of nitrogens with one attached hydrogen (secondary N) is 2. The smallest absolute Gasteiger partial charge is 0.284 e. The largest absolute Gasteiger partial charge is 0.486 e. The maximum atomic E-state index is 14.4. The van der Waals surface area contributed by atoms with Crippen LogP contribution in [0.1, 0.15) is 6.42 Å². The quantitative estimate of drug-likeness (QED) is 0.431. The fourth-order valence-corrected chi connectivity index (χ4v) is 3.59. The maximum Gasteiger partial charge on any atom is 0.284 e. The van der Waals surface area contributed by atoms with Gasteiger partial charge in [0.05, 0.1) is 29.4 Å². The Morgan fingerprint density at radius 3 is 2.86 bits per heavy atom. The van der Waals surface area contributed by atoms with E-state index < -0.39 is 17.6 Å². The molecule has 2 heterocycles. The van der Waals surface area contributed by atoms with Crippen LogP contribution in [0.15, 0.2) is 48.6 Å². The number of nitrogens with zero attached hydrogens (tertiary/aromatic N) is 3. The van der Waals surface area contributed by atoms with E-state index in [4.69, 9.17) is 21.1 Å². The van der Waals surface area contributed by atoms with Crippen LogP contribution >= 0.6 is 11.6 Å². The Morgan fingerprint density at radius 2 is 2.14 bits per heavy atom. The van der Waals surface area contributed by atoms with Crippen LogP contribution in [-0.2, 0) is 9.53 Å². The van der Waals surface area contributed by atoms with Crippen LogP contribution in [0, 0.1) is 5.82 Å². The molecule has 35 heavy (non-hydrogen) atoms. The zero-order chi connectivity index (χ0) is 24.9. The Balaban J connectivity index is 1.70. The minimum absolute atomic E-state index is 0.0456. The van der Waals surface area contributed by atoms with Crippen LogP contribution < -0.4 is 15.4 Å². The van der Waals surface area contributed by atoms with Crippen LogP contribution in [-0.4, -0.2) is 60.7 Å². The van der Waals surface area contributed by atoms with E-state index in [2.05, 4.69) is 20.6 Å². The molecule has 3 aromatic rings. The zero-order valence-electron chi connectivity index (χ0n) is 19.1. The summed E-state index contributed by atoms with van der Waals surface area (Å²) in [5, 5.41) is 6.14. The Bertz CT molecular complexity index is 1270. The lowest BCUT2D eigenvalue weighted by Crippen LogP contribution is -2.19. The molecule has 0 aliphatic carbocycles. The minimum atomic E-state index is -0.919. The van der Waals surface area contributed by atoms with Gasteiger partial charge in [0.1, 0.15) is 29.8 Å². The maximum absolute atomic E-state index is 14.4. The number of hydrogen-bond donors (Lipinski definition) is 2. The van der Waals surface area contributed by atoms with E-state index in [1.165, 1.54) is 30.6 Å². The van der Waals surface area contributed by atoms with Crippen LogP contribution in [0.25, 0.3) is 10.9 Å². The third-order valence-corrected chi connectivity index (χ3v) is 5.49. The first-order valence-corrected chi connectivity index (χ1v) is 11.2. The summed E-state index contributed by atoms with van der Waals surface area (Å²) in [5.41, 5.74) is 1.27. The van der Waals surface area contributed by atoms with Crippen LogP contribution in [0.2, 0.25) is 5.02 Å². The first-order chi connectivity index (χ1) is 16.8. The number of amides is 1. The first kappa shape index (κ1) is 24.8. The molecule has 1 aromatic heterocycles. The molecular formula is C24H24ClF2N5O3. The number of carbonyl (C=O) groups excluding carboxylic acids is 1. The molecule has 11 heteroatoms. The second-order valence-corrected chi connectivity index (χ2v) is 8.62. The summed E-state index contributed by atoms with van der Waals surface area (Å²) in [6.07, 6.45) is 3.03. The van der Waals surface area contributed by atoms with Crippen molar-refractivity contribution < 1.29 is 23.0 Å². The lowest BCUT2D eigenvalue weighted by molar-refractivity contribution is -0.114. The second-order valence-electron chi connectivity index (χ2n) is 8.21. The van der Waals surface area contributed by atoms with Gasteiger partial charge in [0.15, 0.2) is 5.83 Å². The molecule has 0 bridgehead atoms. The number of aromatic nitrogens is 2. The molecule has 2 N–H and O–H groups in total. The third kappa shape index (κ3) is 6.21. The zero-order valence-corrected chi connectivity index (χ0v) is 19.9. The summed E-state index contributed by atoms with van der Waals surface area (Å²) in [6, 6.07) is 7.43. The highest BCUT2D eigenvalue weighted by atomic mass is 35.5. The molecule has 1 unspecified atom stereocenters. The van der Waals surface area contributed by atoms with Gasteiger partial charge >= 0.3 is 0 Å². The van der Waals surface area contributed by atoms with Crippen molar-refractivity contribution in [2.45, 2.75) is 12.5 Å². The molecule has 4 rings (SSSR count). The molecule has 1 aliphatic heterocycles. The highest BCUT2D eigenvalue weighted by Crippen LogP contribution is 2.35. The highest BCUT2D eigenvalue weighted by Gasteiger charge is 2.22. The van der Waals surface area contributed by atoms with Gasteiger partial charge in [0.2, 0.25) is 0 Å². The number of carbonyl (C=O) groups is 1. The van der Waals surface area contributed by atoms with Gasteiger partial charge in [-0.2, -0.15) is 0 Å². The monoisotopic (exact) mass is 503 g/mol. The van der Waals surface area contributed by atoms with E-state index in [9.17, 15) is 13.6 Å². The Hall–Kier alpha value is -3.34. The summed E-state index contributed by atoms with van der Waals surface area (Å²) < 4.78 is 39.4. The average Bonchev–Trinajstić information content (AvgIpc) is 3.33. The lowest BCUT2D eigenvalue weighted by atomic mass is 10.1. The molecule has 1 atom stereocenters. The van der Waals surface area contributed by atoms with Gasteiger partial charge in [-0.25, -0.2) is 18.7 Å². The van der Waals surface area contributed by atoms with Crippen LogP contribution in [0.4, 0.5) is 26.0 Å². The fraction of sp³-hybridized carbons (Fsp3) is 0.292. The van der Waals surface area contributed by atoms with Crippen molar-refractivity contribution in [1.29, 1.82) is 0 Å². The second kappa shape index (κ2) is 10.9. The molecule has 184 valence electrons. The standard InChI is InChI=1S/C24H24ClF2N5O3/c1-32(2)7-5-19(27)24(33)31-21-10-16-20(11-22(21)35-15-6-8-34-12-15)28-13-29-23(16)30-14-3-4-18(26)17(25)9-14/h3-5,9-11,13,15H,6-8,12H2,1-2H3,(H,31,33)(H,28,29,30)/b19-5+. The Kier molecular flexibility index (Phi) is 7.74. The number of rotatable bonds is 8. The van der Waals surface area contributed by atoms with Crippen molar-refractivity contribution in [3.63, 3.8) is 0 Å². The number of halogens is 3. The molecule has 0 spiro atoms. The van der Waals surface area contributed by atoms with Gasteiger partial charge in [-0.1, -0.05) is 11.6 Å². The van der Waals surface area contributed by atoms with Gasteiger partial charge in [-0.05, 0) is 44.4 Å². The minimum Gasteiger partial charge on any atom is -0.486 e. The summed E-state index contributed by atoms with van der Waals surface area (Å²) in [6.45, 7) is 1.24. The van der Waals surface area contributed by atoms with Crippen LogP contribution in [0.3, 0.4) is 0 Å². The number of ether oxygens (including phenoxy) is 2. The van der Waals surface area contributed by atoms with E-state index in [0.717, 1.165) is 0 Å². The van der Waals surface area contributed by atoms with E-state index >= 15 is 0 Å². The summed E-state index contributed by atoms with van der Waals surface area (Å²) >= 11 is 5.89. The predicted octanol–water partition coefficient (Wildman–Crippen LogP) is 4.69. The van der Waals surface area contributed by atoms with Crippen molar-refractivity contribution in [1.82, 2.24) is 14.9 Å². The van der Waals surface area contributed by atoms with Crippen LogP contribution in [0.5, 0.6) is 5.75 Å². The van der Waals surface area contributed by atoms with Crippen molar-refractivity contribution >= 4 is 45.6 Å². The lowest BCUT2D eigenvalue weighted by Gasteiger charge is -2.18. The molecule has 1 amide bonds. The van der Waals surface area contributed by atoms with E-state index in [-0.39, 0.29) is 23.4 Å². The van der Waals surface area contributed by atoms with Crippen molar-refractivity contribution in [3.8, 4) is 5.75 Å². The molecule has 8 nitrogen and oxygen atoms in total. The van der Waals surface area contributed by atoms with Gasteiger partial charge in [-0.15, -0.1) is 0 Å². The Morgan fingerprint density at radius 1 is 1.31 bits per heavy atom. The molecule has 1 saturated heterocycles. The molecule has 1 fully saturated rings. The number of likely N-dealkylation sites (N-methyl/N-ethyl adjacent to an activating group) is 1. The van der Waals surface area contributed by atoms with E-state index in [0.29, 0.717) is 47.8 Å². The number of hydrogen-bond acceptors (Lipinski definition) is 7. The molecule has 1 aliphatic rings. The predicted molar refractivity (Wildman–Crippen MR) is 130 cm³/mol. The van der Waals surface area contributed by atoms with E-state index in [1.807, 2.05) is 0 Å². The van der Waals surface area contributed by atoms with Gasteiger partial charge < -0.3 is 25.0 Å². The molecule has 0 radical (unpaired) electrons. The summed E-state index contributed by atoms with van der Waals surface area (Å²) in [4.78, 5) is 22.8. The number of fused-ring (bicyclic) bond motifs is 1. The summed E-state index contributed by atoms with van der Waals surface area (Å²) in [7, 11) is 3.53. The third-order valence-electron chi connectivity index (χ3n) is 5.20. The average molecular weight is 504 g/mol. The van der Waals surface area contributed by atoms with E-state index in [1.54, 1.807) is 31.1 Å². The van der Waals surface area contributed by atoms with Gasteiger partial charge in [-0.3, -0.25) is 4.79 Å². The SMILES string of the molecule is CN(C)C/C=C(/F)C(=O)Nc1cc2c(Nc3ccc(F)c(Cl)c3)ncnc2cc1OC1CCOC1. The van der Waals surface area contributed by atoms with Crippen molar-refractivity contribution in [3.05, 3.63) is 59.4 Å². The highest BCUT2D eigenvalue weighted by molar-refractivity contribution is 6.31. The Labute approximate surface area is 205 Å². The van der Waals surface area contributed by atoms with Gasteiger partial charge in [0.25, 0.3) is 5.91 Å². The molecule has 0 saturated carbocycles. The van der Waals surface area contributed by atoms with Gasteiger partial charge in [0, 0.05) is 30.1 Å². The van der Waals surface area contributed by atoms with Crippen molar-refractivity contribution in [2.24, 2.45) is 0 Å². The molecule has 2 aromatic carbocycles. The number of anilines is 3. The number of benzene rings is 2. The topological polar surface area (TPSA) is 88.6 Å². The van der Waals surface area contributed by atoms with Crippen molar-refractivity contribution in [2.75, 3.05) is 44.5 Å².